The molecule has 2 aliphatic heterocycles. The van der Waals surface area contributed by atoms with Gasteiger partial charge >= 0.3 is 0 Å². The number of nitrogens with zero attached hydrogens (tertiary/aromatic N) is 2. The first-order valence-corrected chi connectivity index (χ1v) is 7.71. The SMILES string of the molecule is C1C[C@@H]2NCCN(CCCN3CCOCC3)[C@@H]2C1. The van der Waals surface area contributed by atoms with Crippen LogP contribution in [0.15, 0.2) is 0 Å². The largest absolute Gasteiger partial charge is 0.379 e. The van der Waals surface area contributed by atoms with E-state index in [1.165, 1.54) is 51.9 Å². The van der Waals surface area contributed by atoms with Gasteiger partial charge in [-0.1, -0.05) is 6.42 Å². The van der Waals surface area contributed by atoms with Crippen molar-refractivity contribution in [1.29, 1.82) is 0 Å². The van der Waals surface area contributed by atoms with Gasteiger partial charge in [0, 0.05) is 38.3 Å². The molecule has 0 spiro atoms. The molecule has 3 rings (SSSR count). The topological polar surface area (TPSA) is 27.7 Å². The quantitative estimate of drug-likeness (QED) is 0.791. The van der Waals surface area contributed by atoms with E-state index in [-0.39, 0.29) is 0 Å². The Morgan fingerprint density at radius 2 is 1.94 bits per heavy atom. The van der Waals surface area contributed by atoms with Gasteiger partial charge in [0.15, 0.2) is 0 Å². The highest BCUT2D eigenvalue weighted by Crippen LogP contribution is 2.26. The Morgan fingerprint density at radius 3 is 2.83 bits per heavy atom. The molecule has 0 aromatic rings. The van der Waals surface area contributed by atoms with E-state index in [9.17, 15) is 0 Å². The summed E-state index contributed by atoms with van der Waals surface area (Å²) in [5.41, 5.74) is 0. The van der Waals surface area contributed by atoms with Gasteiger partial charge < -0.3 is 10.1 Å². The molecule has 1 saturated carbocycles. The van der Waals surface area contributed by atoms with Crippen molar-refractivity contribution >= 4 is 0 Å². The highest BCUT2D eigenvalue weighted by molar-refractivity contribution is 4.93. The molecule has 4 nitrogen and oxygen atoms in total. The Balaban J connectivity index is 1.39. The second kappa shape index (κ2) is 6.33. The number of nitrogens with one attached hydrogen (secondary N) is 1. The minimum atomic E-state index is 0.794. The van der Waals surface area contributed by atoms with Gasteiger partial charge in [-0.05, 0) is 32.4 Å². The molecular formula is C14H27N3O. The zero-order chi connectivity index (χ0) is 12.2. The van der Waals surface area contributed by atoms with Crippen LogP contribution in [-0.4, -0.2) is 74.4 Å². The van der Waals surface area contributed by atoms with Crippen LogP contribution in [0.2, 0.25) is 0 Å². The fourth-order valence-electron chi connectivity index (χ4n) is 3.77. The average Bonchev–Trinajstić information content (AvgIpc) is 2.89. The molecule has 1 N–H and O–H groups in total. The number of fused-ring (bicyclic) bond motifs is 1. The lowest BCUT2D eigenvalue weighted by Crippen LogP contribution is -2.55. The van der Waals surface area contributed by atoms with E-state index < -0.39 is 0 Å². The van der Waals surface area contributed by atoms with E-state index in [4.69, 9.17) is 4.74 Å². The molecule has 2 saturated heterocycles. The number of ether oxygens (including phenoxy) is 1. The third-order valence-corrected chi connectivity index (χ3v) is 4.78. The maximum absolute atomic E-state index is 5.39. The monoisotopic (exact) mass is 253 g/mol. The van der Waals surface area contributed by atoms with Crippen LogP contribution < -0.4 is 5.32 Å². The standard InChI is InChI=1S/C14H27N3O/c1-3-13-14(4-1)17(8-5-15-13)7-2-6-16-9-11-18-12-10-16/h13-15H,1-12H2/t13-,14+/m0/s1. The van der Waals surface area contributed by atoms with Crippen LogP contribution in [0.3, 0.4) is 0 Å². The van der Waals surface area contributed by atoms with Crippen molar-refractivity contribution < 1.29 is 4.74 Å². The molecule has 0 amide bonds. The third-order valence-electron chi connectivity index (χ3n) is 4.78. The molecular weight excluding hydrogens is 226 g/mol. The predicted molar refractivity (Wildman–Crippen MR) is 72.9 cm³/mol. The summed E-state index contributed by atoms with van der Waals surface area (Å²) in [4.78, 5) is 5.30. The molecule has 4 heteroatoms. The molecule has 2 heterocycles. The van der Waals surface area contributed by atoms with Gasteiger partial charge in [-0.15, -0.1) is 0 Å². The summed E-state index contributed by atoms with van der Waals surface area (Å²) < 4.78 is 5.39. The summed E-state index contributed by atoms with van der Waals surface area (Å²) in [5.74, 6) is 0. The van der Waals surface area contributed by atoms with Gasteiger partial charge in [0.05, 0.1) is 13.2 Å². The molecule has 3 aliphatic rings. The molecule has 1 aliphatic carbocycles. The van der Waals surface area contributed by atoms with Crippen molar-refractivity contribution in [3.8, 4) is 0 Å². The van der Waals surface area contributed by atoms with Crippen LogP contribution in [-0.2, 0) is 4.74 Å². The number of rotatable bonds is 4. The van der Waals surface area contributed by atoms with E-state index in [0.717, 1.165) is 38.4 Å². The normalized spacial score (nSPS) is 34.7. The molecule has 0 aromatic heterocycles. The van der Waals surface area contributed by atoms with Gasteiger partial charge in [0.25, 0.3) is 0 Å². The van der Waals surface area contributed by atoms with Crippen molar-refractivity contribution in [1.82, 2.24) is 15.1 Å². The Morgan fingerprint density at radius 1 is 1.06 bits per heavy atom. The Bertz CT molecular complexity index is 255. The first-order valence-electron chi connectivity index (χ1n) is 7.71. The zero-order valence-corrected chi connectivity index (χ0v) is 11.4. The van der Waals surface area contributed by atoms with Crippen molar-refractivity contribution in [3.63, 3.8) is 0 Å². The highest BCUT2D eigenvalue weighted by Gasteiger charge is 2.34. The van der Waals surface area contributed by atoms with Gasteiger partial charge in [-0.3, -0.25) is 9.80 Å². The average molecular weight is 253 g/mol. The first-order chi connectivity index (χ1) is 8.93. The summed E-state index contributed by atoms with van der Waals surface area (Å²) in [6, 6.07) is 1.63. The maximum atomic E-state index is 5.39. The molecule has 2 atom stereocenters. The molecule has 18 heavy (non-hydrogen) atoms. The van der Waals surface area contributed by atoms with E-state index in [0.29, 0.717) is 0 Å². The van der Waals surface area contributed by atoms with Crippen LogP contribution in [0.5, 0.6) is 0 Å². The van der Waals surface area contributed by atoms with E-state index in [2.05, 4.69) is 15.1 Å². The Kier molecular flexibility index (Phi) is 4.52. The maximum Gasteiger partial charge on any atom is 0.0594 e. The number of piperazine rings is 1. The van der Waals surface area contributed by atoms with Crippen LogP contribution in [0, 0.1) is 0 Å². The smallest absolute Gasteiger partial charge is 0.0594 e. The van der Waals surface area contributed by atoms with Crippen LogP contribution in [0.1, 0.15) is 25.7 Å². The lowest BCUT2D eigenvalue weighted by Gasteiger charge is -2.39. The van der Waals surface area contributed by atoms with Crippen LogP contribution >= 0.6 is 0 Å². The molecule has 0 unspecified atom stereocenters. The fraction of sp³-hybridized carbons (Fsp3) is 1.00. The molecule has 0 radical (unpaired) electrons. The second-order valence-corrected chi connectivity index (χ2v) is 5.90. The van der Waals surface area contributed by atoms with Crippen molar-refractivity contribution in [2.75, 3.05) is 52.5 Å². The Hall–Kier alpha value is -0.160. The fourth-order valence-corrected chi connectivity index (χ4v) is 3.77. The van der Waals surface area contributed by atoms with E-state index in [1.54, 1.807) is 0 Å². The van der Waals surface area contributed by atoms with Gasteiger partial charge in [0.2, 0.25) is 0 Å². The lowest BCUT2D eigenvalue weighted by molar-refractivity contribution is 0.0344. The highest BCUT2D eigenvalue weighted by atomic mass is 16.5. The van der Waals surface area contributed by atoms with Gasteiger partial charge in [0.1, 0.15) is 0 Å². The van der Waals surface area contributed by atoms with E-state index >= 15 is 0 Å². The summed E-state index contributed by atoms with van der Waals surface area (Å²) in [7, 11) is 0. The number of hydrogen-bond donors (Lipinski definition) is 1. The van der Waals surface area contributed by atoms with Gasteiger partial charge in [-0.2, -0.15) is 0 Å². The van der Waals surface area contributed by atoms with Crippen LogP contribution in [0.25, 0.3) is 0 Å². The molecule has 0 aromatic carbocycles. The third kappa shape index (κ3) is 3.05. The van der Waals surface area contributed by atoms with Crippen molar-refractivity contribution in [3.05, 3.63) is 0 Å². The predicted octanol–water partition coefficient (Wildman–Crippen LogP) is 0.535. The minimum Gasteiger partial charge on any atom is -0.379 e. The first kappa shape index (κ1) is 12.9. The Labute approximate surface area is 111 Å². The van der Waals surface area contributed by atoms with Crippen LogP contribution in [0.4, 0.5) is 0 Å². The summed E-state index contributed by atoms with van der Waals surface area (Å²) in [6.07, 6.45) is 5.55. The molecule has 104 valence electrons. The van der Waals surface area contributed by atoms with Crippen molar-refractivity contribution in [2.45, 2.75) is 37.8 Å². The lowest BCUT2D eigenvalue weighted by atomic mass is 10.1. The molecule has 0 bridgehead atoms. The van der Waals surface area contributed by atoms with Crippen molar-refractivity contribution in [2.24, 2.45) is 0 Å². The number of hydrogen-bond acceptors (Lipinski definition) is 4. The van der Waals surface area contributed by atoms with E-state index in [1.807, 2.05) is 0 Å². The summed E-state index contributed by atoms with van der Waals surface area (Å²) in [5, 5.41) is 3.68. The minimum absolute atomic E-state index is 0.794. The second-order valence-electron chi connectivity index (χ2n) is 5.90. The summed E-state index contributed by atoms with van der Waals surface area (Å²) in [6.45, 7) is 9.12. The number of morpholine rings is 1. The molecule has 3 fully saturated rings. The van der Waals surface area contributed by atoms with Gasteiger partial charge in [-0.25, -0.2) is 0 Å². The zero-order valence-electron chi connectivity index (χ0n) is 11.4. The summed E-state index contributed by atoms with van der Waals surface area (Å²) >= 11 is 0.